The Bertz CT molecular complexity index is 615. The normalized spacial score (nSPS) is 14.3. The van der Waals surface area contributed by atoms with Gasteiger partial charge in [0.05, 0.1) is 36.7 Å². The molecule has 2 aromatic rings. The molecule has 3 rings (SSSR count). The fourth-order valence-corrected chi connectivity index (χ4v) is 2.43. The lowest BCUT2D eigenvalue weighted by molar-refractivity contribution is 0.0937. The molecule has 0 N–H and O–H groups in total. The molecule has 0 atom stereocenters. The van der Waals surface area contributed by atoms with Crippen molar-refractivity contribution < 1.29 is 9.53 Å². The predicted octanol–water partition coefficient (Wildman–Crippen LogP) is 3.53. The summed E-state index contributed by atoms with van der Waals surface area (Å²) in [6, 6.07) is 10.5. The van der Waals surface area contributed by atoms with Crippen LogP contribution in [0.5, 0.6) is 0 Å². The number of rotatable bonds is 7. The maximum atomic E-state index is 12.0. The number of hydrogen-bond acceptors (Lipinski definition) is 3. The van der Waals surface area contributed by atoms with Crippen LogP contribution in [0.25, 0.3) is 0 Å². The fourth-order valence-electron chi connectivity index (χ4n) is 2.43. The lowest BCUT2D eigenvalue weighted by Crippen LogP contribution is -2.09. The van der Waals surface area contributed by atoms with Crippen molar-refractivity contribution in [3.63, 3.8) is 0 Å². The van der Waals surface area contributed by atoms with E-state index in [1.807, 2.05) is 41.9 Å². The van der Waals surface area contributed by atoms with Crippen molar-refractivity contribution in [2.75, 3.05) is 0 Å². The lowest BCUT2D eigenvalue weighted by Gasteiger charge is -2.09. The summed E-state index contributed by atoms with van der Waals surface area (Å²) in [6.45, 7) is 2.87. The van der Waals surface area contributed by atoms with Gasteiger partial charge in [-0.3, -0.25) is 9.48 Å². The van der Waals surface area contributed by atoms with E-state index >= 15 is 0 Å². The van der Waals surface area contributed by atoms with Crippen LogP contribution in [-0.4, -0.2) is 15.6 Å². The summed E-state index contributed by atoms with van der Waals surface area (Å²) >= 11 is 0. The van der Waals surface area contributed by atoms with Crippen LogP contribution >= 0.6 is 0 Å². The number of hydrogen-bond donors (Lipinski definition) is 0. The molecular weight excluding hydrogens is 264 g/mol. The quantitative estimate of drug-likeness (QED) is 0.731. The van der Waals surface area contributed by atoms with E-state index in [4.69, 9.17) is 4.74 Å². The Morgan fingerprint density at radius 2 is 2.05 bits per heavy atom. The Balaban J connectivity index is 1.71. The number of carbonyl (C=O) groups is 1. The van der Waals surface area contributed by atoms with Crippen LogP contribution in [-0.2, 0) is 18.0 Å². The van der Waals surface area contributed by atoms with E-state index in [-0.39, 0.29) is 5.78 Å². The minimum absolute atomic E-state index is 0.139. The van der Waals surface area contributed by atoms with Gasteiger partial charge in [-0.15, -0.1) is 0 Å². The highest BCUT2D eigenvalue weighted by atomic mass is 16.5. The molecule has 0 saturated heterocycles. The predicted molar refractivity (Wildman–Crippen MR) is 80.1 cm³/mol. The summed E-state index contributed by atoms with van der Waals surface area (Å²) in [5.74, 6) is 0.139. The van der Waals surface area contributed by atoms with Crippen LogP contribution in [0.3, 0.4) is 0 Å². The molecule has 0 unspecified atom stereocenters. The van der Waals surface area contributed by atoms with Gasteiger partial charge in [-0.1, -0.05) is 37.3 Å². The van der Waals surface area contributed by atoms with Gasteiger partial charge in [0.2, 0.25) is 0 Å². The van der Waals surface area contributed by atoms with E-state index in [0.29, 0.717) is 25.7 Å². The molecule has 0 radical (unpaired) electrons. The van der Waals surface area contributed by atoms with Crippen LogP contribution in [0.1, 0.15) is 53.8 Å². The zero-order valence-electron chi connectivity index (χ0n) is 12.3. The van der Waals surface area contributed by atoms with Crippen LogP contribution in [0, 0.1) is 0 Å². The molecule has 1 fully saturated rings. The van der Waals surface area contributed by atoms with Crippen LogP contribution < -0.4 is 0 Å². The molecule has 1 aliphatic carbocycles. The second-order valence-corrected chi connectivity index (χ2v) is 5.44. The van der Waals surface area contributed by atoms with E-state index < -0.39 is 0 Å². The van der Waals surface area contributed by atoms with E-state index in [2.05, 4.69) is 5.10 Å². The Hall–Kier alpha value is -1.94. The standard InChI is InChI=1S/C17H20N2O2/c1-2-17(20)15-10-18-19(14-8-9-14)16(15)12-21-11-13-6-4-3-5-7-13/h3-7,10,14H,2,8-9,11-12H2,1H3. The maximum absolute atomic E-state index is 12.0. The van der Waals surface area contributed by atoms with Gasteiger partial charge in [0, 0.05) is 6.42 Å². The van der Waals surface area contributed by atoms with Gasteiger partial charge >= 0.3 is 0 Å². The molecule has 0 amide bonds. The highest BCUT2D eigenvalue weighted by Gasteiger charge is 2.29. The molecule has 0 aliphatic heterocycles. The zero-order chi connectivity index (χ0) is 14.7. The molecule has 1 aliphatic rings. The third-order valence-corrected chi connectivity index (χ3v) is 3.76. The molecule has 4 heteroatoms. The van der Waals surface area contributed by atoms with E-state index in [9.17, 15) is 4.79 Å². The van der Waals surface area contributed by atoms with E-state index in [0.717, 1.165) is 29.7 Å². The number of nitrogens with zero attached hydrogens (tertiary/aromatic N) is 2. The maximum Gasteiger partial charge on any atom is 0.166 e. The van der Waals surface area contributed by atoms with Crippen molar-refractivity contribution in [1.29, 1.82) is 0 Å². The van der Waals surface area contributed by atoms with Crippen LogP contribution in [0.4, 0.5) is 0 Å². The van der Waals surface area contributed by atoms with Gasteiger partial charge in [-0.2, -0.15) is 5.10 Å². The average Bonchev–Trinajstić information content (AvgIpc) is 3.28. The fraction of sp³-hybridized carbons (Fsp3) is 0.412. The summed E-state index contributed by atoms with van der Waals surface area (Å²) in [5, 5.41) is 4.39. The second kappa shape index (κ2) is 6.22. The molecule has 21 heavy (non-hydrogen) atoms. The summed E-state index contributed by atoms with van der Waals surface area (Å²) in [7, 11) is 0. The molecule has 0 bridgehead atoms. The Kier molecular flexibility index (Phi) is 4.15. The number of carbonyl (C=O) groups excluding carboxylic acids is 1. The monoisotopic (exact) mass is 284 g/mol. The smallest absolute Gasteiger partial charge is 0.166 e. The number of ketones is 1. The first-order chi connectivity index (χ1) is 10.3. The highest BCUT2D eigenvalue weighted by Crippen LogP contribution is 2.36. The molecule has 110 valence electrons. The SMILES string of the molecule is CCC(=O)c1cnn(C2CC2)c1COCc1ccccc1. The summed E-state index contributed by atoms with van der Waals surface area (Å²) in [5.41, 5.74) is 2.79. The number of aromatic nitrogens is 2. The highest BCUT2D eigenvalue weighted by molar-refractivity contribution is 5.96. The van der Waals surface area contributed by atoms with Crippen LogP contribution in [0.2, 0.25) is 0 Å². The van der Waals surface area contributed by atoms with Gasteiger partial charge in [0.25, 0.3) is 0 Å². The minimum atomic E-state index is 0.139. The molecule has 0 spiro atoms. The summed E-state index contributed by atoms with van der Waals surface area (Å²) in [4.78, 5) is 12.0. The van der Waals surface area contributed by atoms with Gasteiger partial charge in [0.1, 0.15) is 0 Å². The van der Waals surface area contributed by atoms with Gasteiger partial charge < -0.3 is 4.74 Å². The Morgan fingerprint density at radius 1 is 1.29 bits per heavy atom. The minimum Gasteiger partial charge on any atom is -0.370 e. The van der Waals surface area contributed by atoms with Gasteiger partial charge in [-0.25, -0.2) is 0 Å². The molecule has 1 aromatic carbocycles. The van der Waals surface area contributed by atoms with Gasteiger partial charge in [-0.05, 0) is 18.4 Å². The van der Waals surface area contributed by atoms with Crippen molar-refractivity contribution >= 4 is 5.78 Å². The first-order valence-electron chi connectivity index (χ1n) is 7.51. The molecule has 4 nitrogen and oxygen atoms in total. The first-order valence-corrected chi connectivity index (χ1v) is 7.51. The Morgan fingerprint density at radius 3 is 2.71 bits per heavy atom. The van der Waals surface area contributed by atoms with E-state index in [1.165, 1.54) is 0 Å². The topological polar surface area (TPSA) is 44.1 Å². The molecular formula is C17H20N2O2. The van der Waals surface area contributed by atoms with Crippen molar-refractivity contribution in [3.05, 3.63) is 53.3 Å². The summed E-state index contributed by atoms with van der Waals surface area (Å²) in [6.07, 6.45) is 4.49. The number of ether oxygens (including phenoxy) is 1. The van der Waals surface area contributed by atoms with Crippen LogP contribution in [0.15, 0.2) is 36.5 Å². The van der Waals surface area contributed by atoms with Crippen molar-refractivity contribution in [2.24, 2.45) is 0 Å². The van der Waals surface area contributed by atoms with E-state index in [1.54, 1.807) is 6.20 Å². The molecule has 1 saturated carbocycles. The lowest BCUT2D eigenvalue weighted by atomic mass is 10.1. The summed E-state index contributed by atoms with van der Waals surface area (Å²) < 4.78 is 7.79. The van der Waals surface area contributed by atoms with Crippen molar-refractivity contribution in [1.82, 2.24) is 9.78 Å². The molecule has 1 heterocycles. The zero-order valence-corrected chi connectivity index (χ0v) is 12.3. The third-order valence-electron chi connectivity index (χ3n) is 3.76. The second-order valence-electron chi connectivity index (χ2n) is 5.44. The third kappa shape index (κ3) is 3.22. The average molecular weight is 284 g/mol. The van der Waals surface area contributed by atoms with Crippen molar-refractivity contribution in [2.45, 2.75) is 45.4 Å². The van der Waals surface area contributed by atoms with Crippen molar-refractivity contribution in [3.8, 4) is 0 Å². The largest absolute Gasteiger partial charge is 0.370 e. The number of Topliss-reactive ketones (excluding diaryl/α,β-unsaturated/α-hetero) is 1. The van der Waals surface area contributed by atoms with Gasteiger partial charge in [0.15, 0.2) is 5.78 Å². The Labute approximate surface area is 124 Å². The first kappa shape index (κ1) is 14.0. The number of benzene rings is 1. The molecule has 1 aromatic heterocycles.